The number of aliphatic imine (C=N–C) groups is 1. The van der Waals surface area contributed by atoms with Crippen LogP contribution in [0.2, 0.25) is 0 Å². The van der Waals surface area contributed by atoms with Crippen LogP contribution in [0.1, 0.15) is 17.5 Å². The van der Waals surface area contributed by atoms with E-state index in [1.165, 1.54) is 0 Å². The average molecular weight is 572 g/mol. The number of para-hydroxylation sites is 1. The summed E-state index contributed by atoms with van der Waals surface area (Å²) in [6, 6.07) is 7.42. The van der Waals surface area contributed by atoms with Crippen LogP contribution in [0.15, 0.2) is 64.8 Å². The van der Waals surface area contributed by atoms with Crippen molar-refractivity contribution in [1.29, 1.82) is 0 Å². The number of amidine groups is 1. The molecule has 3 aliphatic heterocycles. The maximum absolute atomic E-state index is 13.8. The van der Waals surface area contributed by atoms with E-state index in [9.17, 15) is 32.3 Å². The van der Waals surface area contributed by atoms with E-state index in [-0.39, 0.29) is 23.5 Å². The minimum atomic E-state index is -4.58. The van der Waals surface area contributed by atoms with E-state index in [1.807, 2.05) is 0 Å². The average Bonchev–Trinajstić information content (AvgIpc) is 3.49. The summed E-state index contributed by atoms with van der Waals surface area (Å²) in [6.07, 6.45) is -4.69. The van der Waals surface area contributed by atoms with E-state index >= 15 is 0 Å². The second-order valence-corrected chi connectivity index (χ2v) is 9.39. The quantitative estimate of drug-likeness (QED) is 0.421. The molecule has 14 heteroatoms. The van der Waals surface area contributed by atoms with Crippen molar-refractivity contribution in [3.63, 3.8) is 0 Å². The van der Waals surface area contributed by atoms with Crippen LogP contribution in [-0.4, -0.2) is 68.1 Å². The molecule has 0 saturated carbocycles. The highest BCUT2D eigenvalue weighted by atomic mass is 19.4. The molecular weight excluding hydrogens is 549 g/mol. The van der Waals surface area contributed by atoms with Gasteiger partial charge in [0, 0.05) is 11.4 Å². The molecular formula is C27H23F3N4O7. The van der Waals surface area contributed by atoms with Crippen LogP contribution in [0.4, 0.5) is 29.3 Å². The van der Waals surface area contributed by atoms with Gasteiger partial charge in [-0.25, -0.2) is 24.2 Å². The second-order valence-electron chi connectivity index (χ2n) is 9.39. The van der Waals surface area contributed by atoms with E-state index in [4.69, 9.17) is 14.2 Å². The lowest BCUT2D eigenvalue weighted by Crippen LogP contribution is -2.53. The van der Waals surface area contributed by atoms with Crippen LogP contribution in [0.3, 0.4) is 0 Å². The van der Waals surface area contributed by atoms with Crippen LogP contribution in [0.25, 0.3) is 0 Å². The number of nitrogens with one attached hydrogen (secondary N) is 2. The highest BCUT2D eigenvalue weighted by Crippen LogP contribution is 2.55. The monoisotopic (exact) mass is 572 g/mol. The van der Waals surface area contributed by atoms with Gasteiger partial charge in [-0.2, -0.15) is 13.2 Å². The summed E-state index contributed by atoms with van der Waals surface area (Å²) in [6.45, 7) is 0. The highest BCUT2D eigenvalue weighted by Gasteiger charge is 2.66. The number of nitrogens with zero attached hydrogens (tertiary/aromatic N) is 2. The number of alkyl halides is 3. The van der Waals surface area contributed by atoms with Gasteiger partial charge in [0.05, 0.1) is 43.9 Å². The normalized spacial score (nSPS) is 22.5. The Labute approximate surface area is 230 Å². The first-order valence-electron chi connectivity index (χ1n) is 12.2. The minimum absolute atomic E-state index is 0.00413. The van der Waals surface area contributed by atoms with Crippen LogP contribution in [0, 0.1) is 0 Å². The van der Waals surface area contributed by atoms with Gasteiger partial charge < -0.3 is 24.8 Å². The number of carbonyl (C=O) groups is 4. The Kier molecular flexibility index (Phi) is 6.71. The molecule has 2 aromatic rings. The molecule has 2 N–H and O–H groups in total. The molecule has 1 saturated heterocycles. The molecule has 214 valence electrons. The van der Waals surface area contributed by atoms with Crippen molar-refractivity contribution in [2.24, 2.45) is 4.99 Å². The van der Waals surface area contributed by atoms with Crippen molar-refractivity contribution in [2.45, 2.75) is 30.1 Å². The summed E-state index contributed by atoms with van der Waals surface area (Å²) < 4.78 is 53.9. The van der Waals surface area contributed by atoms with Crippen LogP contribution >= 0.6 is 0 Å². The molecule has 2 aromatic carbocycles. The predicted molar refractivity (Wildman–Crippen MR) is 137 cm³/mol. The number of hydrogen-bond acceptors (Lipinski definition) is 9. The van der Waals surface area contributed by atoms with Crippen molar-refractivity contribution in [3.8, 4) is 0 Å². The fraction of sp³-hybridized carbons (Fsp3) is 0.296. The maximum Gasteiger partial charge on any atom is 0.416 e. The number of esters is 3. The van der Waals surface area contributed by atoms with E-state index in [2.05, 4.69) is 15.6 Å². The molecule has 1 spiro atoms. The lowest BCUT2D eigenvalue weighted by atomic mass is 9.69. The van der Waals surface area contributed by atoms with E-state index in [0.29, 0.717) is 11.3 Å². The van der Waals surface area contributed by atoms with Gasteiger partial charge in [0.1, 0.15) is 11.9 Å². The first kappa shape index (κ1) is 27.7. The standard InChI is InChI=1S/C27H23F3N4O7/c1-39-21(35)17-12-26-15-6-4-5-7-16(15)32-20(26)18(22(36)40-2)19(23(37)41-3)33-24(26)34(17)25(38)31-14-10-8-13(9-11-14)27(28,29)30/h4-11,17,20,32H,12H2,1-3H3,(H,31,38)/t17-,20-,26-/m0/s1. The third-order valence-electron chi connectivity index (χ3n) is 7.36. The summed E-state index contributed by atoms with van der Waals surface area (Å²) in [5.74, 6) is -2.75. The van der Waals surface area contributed by atoms with Crippen LogP contribution in [-0.2, 0) is 40.2 Å². The molecule has 41 heavy (non-hydrogen) atoms. The first-order valence-corrected chi connectivity index (χ1v) is 12.2. The lowest BCUT2D eigenvalue weighted by molar-refractivity contribution is -0.144. The maximum atomic E-state index is 13.8. The SMILES string of the molecule is COC(=O)C1=C(C(=O)OC)[C@@H]2Nc3ccccc3[C@@]23C[C@@H](C(=O)OC)N(C(=O)Nc2ccc(C(F)(F)F)cc2)C3=N1. The van der Waals surface area contributed by atoms with E-state index in [0.717, 1.165) is 50.5 Å². The number of ether oxygens (including phenoxy) is 3. The Bertz CT molecular complexity index is 1520. The Balaban J connectivity index is 1.68. The molecule has 3 aliphatic rings. The molecule has 3 atom stereocenters. The number of carbonyl (C=O) groups excluding carboxylic acids is 4. The fourth-order valence-electron chi connectivity index (χ4n) is 5.60. The van der Waals surface area contributed by atoms with Gasteiger partial charge in [-0.15, -0.1) is 0 Å². The number of benzene rings is 2. The molecule has 1 fully saturated rings. The van der Waals surface area contributed by atoms with Crippen molar-refractivity contribution < 1.29 is 46.6 Å². The highest BCUT2D eigenvalue weighted by molar-refractivity contribution is 6.18. The number of rotatable bonds is 4. The molecule has 5 rings (SSSR count). The zero-order chi connectivity index (χ0) is 29.7. The summed E-state index contributed by atoms with van der Waals surface area (Å²) in [5.41, 5.74) is -1.68. The molecule has 11 nitrogen and oxygen atoms in total. The molecule has 0 aliphatic carbocycles. The molecule has 0 bridgehead atoms. The van der Waals surface area contributed by atoms with Crippen molar-refractivity contribution in [1.82, 2.24) is 4.90 Å². The molecule has 0 unspecified atom stereocenters. The van der Waals surface area contributed by atoms with Crippen molar-refractivity contribution in [3.05, 3.63) is 70.9 Å². The van der Waals surface area contributed by atoms with Gasteiger partial charge in [-0.05, 0) is 42.3 Å². The van der Waals surface area contributed by atoms with Gasteiger partial charge in [0.15, 0.2) is 5.70 Å². The first-order chi connectivity index (χ1) is 19.5. The minimum Gasteiger partial charge on any atom is -0.467 e. The number of urea groups is 1. The molecule has 2 amide bonds. The zero-order valence-corrected chi connectivity index (χ0v) is 21.9. The molecule has 0 radical (unpaired) electrons. The zero-order valence-electron chi connectivity index (χ0n) is 21.9. The molecule has 3 heterocycles. The molecule has 0 aromatic heterocycles. The second kappa shape index (κ2) is 9.94. The van der Waals surface area contributed by atoms with Crippen LogP contribution < -0.4 is 10.6 Å². The summed E-state index contributed by atoms with van der Waals surface area (Å²) in [7, 11) is 3.35. The Morgan fingerprint density at radius 2 is 1.63 bits per heavy atom. The smallest absolute Gasteiger partial charge is 0.416 e. The Hall–Kier alpha value is -4.88. The summed E-state index contributed by atoms with van der Waals surface area (Å²) in [5, 5.41) is 5.71. The number of fused-ring (bicyclic) bond motifs is 1. The van der Waals surface area contributed by atoms with E-state index < -0.39 is 58.9 Å². The van der Waals surface area contributed by atoms with Gasteiger partial charge in [-0.3, -0.25) is 4.90 Å². The third-order valence-corrected chi connectivity index (χ3v) is 7.36. The summed E-state index contributed by atoms with van der Waals surface area (Å²) in [4.78, 5) is 58.2. The largest absolute Gasteiger partial charge is 0.467 e. The van der Waals surface area contributed by atoms with Crippen molar-refractivity contribution in [2.75, 3.05) is 32.0 Å². The Morgan fingerprint density at radius 1 is 0.976 bits per heavy atom. The van der Waals surface area contributed by atoms with Crippen molar-refractivity contribution >= 4 is 41.1 Å². The number of likely N-dealkylation sites (tertiary alicyclic amines) is 1. The van der Waals surface area contributed by atoms with E-state index in [1.54, 1.807) is 24.3 Å². The number of amides is 2. The van der Waals surface area contributed by atoms with Gasteiger partial charge in [-0.1, -0.05) is 18.2 Å². The van der Waals surface area contributed by atoms with Gasteiger partial charge in [0.25, 0.3) is 0 Å². The third kappa shape index (κ3) is 4.26. The van der Waals surface area contributed by atoms with Crippen LogP contribution in [0.5, 0.6) is 0 Å². The van der Waals surface area contributed by atoms with Gasteiger partial charge >= 0.3 is 30.1 Å². The number of hydrogen-bond donors (Lipinski definition) is 2. The summed E-state index contributed by atoms with van der Waals surface area (Å²) >= 11 is 0. The van der Waals surface area contributed by atoms with Gasteiger partial charge in [0.2, 0.25) is 0 Å². The number of anilines is 2. The fourth-order valence-corrected chi connectivity index (χ4v) is 5.60. The predicted octanol–water partition coefficient (Wildman–Crippen LogP) is 3.23. The Morgan fingerprint density at radius 3 is 2.24 bits per heavy atom. The topological polar surface area (TPSA) is 136 Å². The number of methoxy groups -OCH3 is 3. The number of halogens is 3. The lowest BCUT2D eigenvalue weighted by Gasteiger charge is -2.36.